The number of hydrogen-bond donors (Lipinski definition) is 1. The minimum atomic E-state index is -0.948. The highest BCUT2D eigenvalue weighted by molar-refractivity contribution is 5.94. The third-order valence-corrected chi connectivity index (χ3v) is 2.61. The van der Waals surface area contributed by atoms with Crippen LogP contribution in [0.2, 0.25) is 0 Å². The monoisotopic (exact) mass is 297 g/mol. The zero-order valence-corrected chi connectivity index (χ0v) is 11.4. The number of ether oxygens (including phenoxy) is 2. The van der Waals surface area contributed by atoms with Gasteiger partial charge >= 0.3 is 5.97 Å². The Bertz CT molecular complexity index is 658. The predicted octanol–water partition coefficient (Wildman–Crippen LogP) is 2.33. The fourth-order valence-corrected chi connectivity index (χ4v) is 1.76. The van der Waals surface area contributed by atoms with Crippen LogP contribution in [0.1, 0.15) is 24.3 Å². The average molecular weight is 297 g/mol. The van der Waals surface area contributed by atoms with E-state index in [0.29, 0.717) is 0 Å². The molecule has 112 valence electrons. The molecular weight excluding hydrogens is 284 g/mol. The molecule has 0 fully saturated rings. The van der Waals surface area contributed by atoms with Crippen LogP contribution in [0, 0.1) is 11.6 Å². The average Bonchev–Trinajstić information content (AvgIpc) is 2.92. The van der Waals surface area contributed by atoms with E-state index in [1.807, 2.05) is 0 Å². The fourth-order valence-electron chi connectivity index (χ4n) is 1.76. The number of rotatable bonds is 5. The molecule has 2 rings (SSSR count). The lowest BCUT2D eigenvalue weighted by atomic mass is 10.1. The van der Waals surface area contributed by atoms with E-state index in [1.54, 1.807) is 13.8 Å². The van der Waals surface area contributed by atoms with E-state index in [-0.39, 0.29) is 30.4 Å². The van der Waals surface area contributed by atoms with Crippen molar-refractivity contribution < 1.29 is 23.0 Å². The number of H-pyrrole nitrogens is 1. The van der Waals surface area contributed by atoms with Gasteiger partial charge in [-0.2, -0.15) is 10.3 Å². The maximum atomic E-state index is 14.3. The molecule has 0 atom stereocenters. The van der Waals surface area contributed by atoms with Crippen LogP contribution >= 0.6 is 0 Å². The summed E-state index contributed by atoms with van der Waals surface area (Å²) in [5.74, 6) is -2.78. The second kappa shape index (κ2) is 6.29. The van der Waals surface area contributed by atoms with Gasteiger partial charge in [0.1, 0.15) is 11.5 Å². The summed E-state index contributed by atoms with van der Waals surface area (Å²) < 4.78 is 38.1. The van der Waals surface area contributed by atoms with Gasteiger partial charge in [0.2, 0.25) is 0 Å². The second-order valence-electron chi connectivity index (χ2n) is 3.91. The van der Waals surface area contributed by atoms with E-state index in [2.05, 4.69) is 15.4 Å². The molecule has 0 bridgehead atoms. The van der Waals surface area contributed by atoms with Crippen molar-refractivity contribution in [2.24, 2.45) is 0 Å². The Morgan fingerprint density at radius 2 is 2.00 bits per heavy atom. The molecule has 2 aromatic rings. The first-order chi connectivity index (χ1) is 10.1. The maximum Gasteiger partial charge on any atom is 0.361 e. The molecule has 6 nitrogen and oxygen atoms in total. The molecule has 0 aliphatic heterocycles. The van der Waals surface area contributed by atoms with E-state index in [1.165, 1.54) is 6.07 Å². The zero-order valence-electron chi connectivity index (χ0n) is 11.4. The summed E-state index contributed by atoms with van der Waals surface area (Å²) >= 11 is 0. The quantitative estimate of drug-likeness (QED) is 0.857. The Morgan fingerprint density at radius 3 is 2.67 bits per heavy atom. The number of benzene rings is 1. The summed E-state index contributed by atoms with van der Waals surface area (Å²) in [5.41, 5.74) is -1.04. The van der Waals surface area contributed by atoms with Gasteiger partial charge in [-0.25, -0.2) is 13.6 Å². The van der Waals surface area contributed by atoms with E-state index in [9.17, 15) is 13.6 Å². The van der Waals surface area contributed by atoms with Crippen LogP contribution in [0.5, 0.6) is 5.75 Å². The lowest BCUT2D eigenvalue weighted by Crippen LogP contribution is -2.08. The van der Waals surface area contributed by atoms with Gasteiger partial charge in [-0.05, 0) is 26.0 Å². The van der Waals surface area contributed by atoms with Crippen LogP contribution in [0.3, 0.4) is 0 Å². The van der Waals surface area contributed by atoms with Gasteiger partial charge in [-0.15, -0.1) is 5.10 Å². The number of nitrogens with one attached hydrogen (secondary N) is 1. The molecule has 0 spiro atoms. The SMILES string of the molecule is CCOC(=O)c1n[nH]nc1-c1c(F)ccc(OCC)c1F. The van der Waals surface area contributed by atoms with Gasteiger partial charge in [0.25, 0.3) is 0 Å². The number of carbonyl (C=O) groups excluding carboxylic acids is 1. The van der Waals surface area contributed by atoms with E-state index in [0.717, 1.165) is 6.07 Å². The summed E-state index contributed by atoms with van der Waals surface area (Å²) in [5, 5.41) is 9.39. The Morgan fingerprint density at radius 1 is 1.24 bits per heavy atom. The number of carbonyl (C=O) groups is 1. The molecule has 0 radical (unpaired) electrons. The van der Waals surface area contributed by atoms with Gasteiger partial charge in [-0.3, -0.25) is 0 Å². The fraction of sp³-hybridized carbons (Fsp3) is 0.308. The van der Waals surface area contributed by atoms with Crippen LogP contribution in [-0.2, 0) is 4.74 Å². The Kier molecular flexibility index (Phi) is 4.46. The highest BCUT2D eigenvalue weighted by Crippen LogP contribution is 2.32. The molecule has 0 aliphatic rings. The largest absolute Gasteiger partial charge is 0.491 e. The van der Waals surface area contributed by atoms with Gasteiger partial charge in [0.15, 0.2) is 17.3 Å². The van der Waals surface area contributed by atoms with Crippen molar-refractivity contribution in [3.05, 3.63) is 29.5 Å². The minimum absolute atomic E-state index is 0.106. The van der Waals surface area contributed by atoms with Crippen molar-refractivity contribution in [2.75, 3.05) is 13.2 Å². The zero-order chi connectivity index (χ0) is 15.4. The number of aromatic amines is 1. The molecule has 0 amide bonds. The third kappa shape index (κ3) is 2.83. The molecule has 21 heavy (non-hydrogen) atoms. The molecule has 1 aromatic carbocycles. The first-order valence-electron chi connectivity index (χ1n) is 6.29. The van der Waals surface area contributed by atoms with Crippen LogP contribution < -0.4 is 4.74 Å². The number of hydrogen-bond acceptors (Lipinski definition) is 5. The number of esters is 1. The highest BCUT2D eigenvalue weighted by atomic mass is 19.1. The third-order valence-electron chi connectivity index (χ3n) is 2.61. The minimum Gasteiger partial charge on any atom is -0.491 e. The molecule has 0 saturated heterocycles. The number of aromatic nitrogens is 3. The van der Waals surface area contributed by atoms with Gasteiger partial charge in [-0.1, -0.05) is 0 Å². The lowest BCUT2D eigenvalue weighted by Gasteiger charge is -2.09. The van der Waals surface area contributed by atoms with E-state index >= 15 is 0 Å². The molecule has 1 N–H and O–H groups in total. The molecule has 0 aliphatic carbocycles. The van der Waals surface area contributed by atoms with Crippen LogP contribution in [0.25, 0.3) is 11.3 Å². The summed E-state index contributed by atoms with van der Waals surface area (Å²) in [7, 11) is 0. The van der Waals surface area contributed by atoms with Crippen molar-refractivity contribution in [1.82, 2.24) is 15.4 Å². The first-order valence-corrected chi connectivity index (χ1v) is 6.29. The van der Waals surface area contributed by atoms with E-state index < -0.39 is 23.2 Å². The van der Waals surface area contributed by atoms with Crippen molar-refractivity contribution in [3.63, 3.8) is 0 Å². The molecule has 8 heteroatoms. The molecular formula is C13H13F2N3O3. The smallest absolute Gasteiger partial charge is 0.361 e. The highest BCUT2D eigenvalue weighted by Gasteiger charge is 2.26. The van der Waals surface area contributed by atoms with Crippen molar-refractivity contribution in [1.29, 1.82) is 0 Å². The van der Waals surface area contributed by atoms with Crippen LogP contribution in [0.15, 0.2) is 12.1 Å². The second-order valence-corrected chi connectivity index (χ2v) is 3.91. The summed E-state index contributed by atoms with van der Waals surface area (Å²) in [6.07, 6.45) is 0. The van der Waals surface area contributed by atoms with Crippen LogP contribution in [-0.4, -0.2) is 34.6 Å². The standard InChI is InChI=1S/C13H13F2N3O3/c1-3-20-8-6-5-7(14)9(10(8)15)11-12(17-18-16-11)13(19)21-4-2/h5-6H,3-4H2,1-2H3,(H,16,17,18). The number of halogens is 2. The maximum absolute atomic E-state index is 14.3. The van der Waals surface area contributed by atoms with Gasteiger partial charge < -0.3 is 9.47 Å². The molecule has 0 saturated carbocycles. The normalized spacial score (nSPS) is 10.5. The number of nitrogens with zero attached hydrogens (tertiary/aromatic N) is 2. The van der Waals surface area contributed by atoms with Gasteiger partial charge in [0, 0.05) is 0 Å². The lowest BCUT2D eigenvalue weighted by molar-refractivity contribution is 0.0520. The topological polar surface area (TPSA) is 77.1 Å². The molecule has 0 unspecified atom stereocenters. The van der Waals surface area contributed by atoms with Gasteiger partial charge in [0.05, 0.1) is 18.8 Å². The summed E-state index contributed by atoms with van der Waals surface area (Å²) in [4.78, 5) is 11.7. The predicted molar refractivity (Wildman–Crippen MR) is 68.9 cm³/mol. The Balaban J connectivity index is 2.55. The molecule has 1 heterocycles. The van der Waals surface area contributed by atoms with Crippen LogP contribution in [0.4, 0.5) is 8.78 Å². The van der Waals surface area contributed by atoms with Crippen molar-refractivity contribution >= 4 is 5.97 Å². The molecule has 1 aromatic heterocycles. The Hall–Kier alpha value is -2.51. The summed E-state index contributed by atoms with van der Waals surface area (Å²) in [6, 6.07) is 2.20. The Labute approximate surface area is 119 Å². The van der Waals surface area contributed by atoms with Crippen molar-refractivity contribution in [3.8, 4) is 17.0 Å². The van der Waals surface area contributed by atoms with E-state index in [4.69, 9.17) is 9.47 Å². The summed E-state index contributed by atoms with van der Waals surface area (Å²) in [6.45, 7) is 3.60. The first kappa shape index (κ1) is 14.9. The van der Waals surface area contributed by atoms with Crippen molar-refractivity contribution in [2.45, 2.75) is 13.8 Å².